The normalized spacial score (nSPS) is 37.3. The molecule has 0 spiro atoms. The van der Waals surface area contributed by atoms with Gasteiger partial charge in [0.2, 0.25) is 0 Å². The predicted molar refractivity (Wildman–Crippen MR) is 63.7 cm³/mol. The summed E-state index contributed by atoms with van der Waals surface area (Å²) in [5.74, 6) is 1.57. The standard InChI is InChI=1S/C14H24O/c1-12-6-9-14(15,10-7-12)11-8-13-4-2-3-5-13/h6,9,12-13,15H,2-5,7-8,10-11H2,1H3. The first-order valence-electron chi connectivity index (χ1n) is 6.60. The van der Waals surface area contributed by atoms with Gasteiger partial charge in [-0.3, -0.25) is 0 Å². The average Bonchev–Trinajstić information content (AvgIpc) is 2.73. The van der Waals surface area contributed by atoms with E-state index >= 15 is 0 Å². The van der Waals surface area contributed by atoms with Crippen LogP contribution in [0.15, 0.2) is 12.2 Å². The van der Waals surface area contributed by atoms with E-state index in [1.165, 1.54) is 32.1 Å². The van der Waals surface area contributed by atoms with Gasteiger partial charge in [-0.15, -0.1) is 0 Å². The highest BCUT2D eigenvalue weighted by Gasteiger charge is 2.28. The quantitative estimate of drug-likeness (QED) is 0.702. The fourth-order valence-electron chi connectivity index (χ4n) is 2.96. The minimum atomic E-state index is -0.463. The van der Waals surface area contributed by atoms with E-state index in [0.717, 1.165) is 25.2 Å². The number of hydrogen-bond acceptors (Lipinski definition) is 1. The molecule has 1 fully saturated rings. The number of allylic oxidation sites excluding steroid dienone is 1. The van der Waals surface area contributed by atoms with E-state index in [0.29, 0.717) is 5.92 Å². The molecule has 0 amide bonds. The molecule has 2 rings (SSSR count). The molecular weight excluding hydrogens is 184 g/mol. The van der Waals surface area contributed by atoms with E-state index in [9.17, 15) is 5.11 Å². The molecule has 0 aromatic carbocycles. The predicted octanol–water partition coefficient (Wildman–Crippen LogP) is 3.67. The molecule has 0 aromatic heterocycles. The summed E-state index contributed by atoms with van der Waals surface area (Å²) < 4.78 is 0. The van der Waals surface area contributed by atoms with Crippen LogP contribution < -0.4 is 0 Å². The molecule has 2 aliphatic carbocycles. The molecular formula is C14H24O. The van der Waals surface area contributed by atoms with Crippen molar-refractivity contribution in [2.24, 2.45) is 11.8 Å². The Morgan fingerprint density at radius 1 is 1.27 bits per heavy atom. The van der Waals surface area contributed by atoms with Crippen LogP contribution in [0.3, 0.4) is 0 Å². The molecule has 1 N–H and O–H groups in total. The summed E-state index contributed by atoms with van der Waals surface area (Å²) in [4.78, 5) is 0. The Kier molecular flexibility index (Phi) is 3.50. The van der Waals surface area contributed by atoms with Crippen LogP contribution in [0.1, 0.15) is 58.3 Å². The van der Waals surface area contributed by atoms with Crippen molar-refractivity contribution in [3.63, 3.8) is 0 Å². The zero-order valence-electron chi connectivity index (χ0n) is 9.91. The monoisotopic (exact) mass is 208 g/mol. The Balaban J connectivity index is 1.80. The number of hydrogen-bond donors (Lipinski definition) is 1. The number of rotatable bonds is 3. The van der Waals surface area contributed by atoms with Gasteiger partial charge in [0.05, 0.1) is 5.60 Å². The van der Waals surface area contributed by atoms with Crippen molar-refractivity contribution >= 4 is 0 Å². The van der Waals surface area contributed by atoms with Gasteiger partial charge < -0.3 is 5.11 Å². The van der Waals surface area contributed by atoms with Crippen LogP contribution in [-0.2, 0) is 0 Å². The van der Waals surface area contributed by atoms with Gasteiger partial charge in [0.15, 0.2) is 0 Å². The highest BCUT2D eigenvalue weighted by atomic mass is 16.3. The minimum absolute atomic E-state index is 0.463. The molecule has 1 nitrogen and oxygen atoms in total. The summed E-state index contributed by atoms with van der Waals surface area (Å²) in [6, 6.07) is 0. The molecule has 0 heterocycles. The van der Waals surface area contributed by atoms with Crippen LogP contribution in [0, 0.1) is 11.8 Å². The minimum Gasteiger partial charge on any atom is -0.386 e. The van der Waals surface area contributed by atoms with Crippen LogP contribution >= 0.6 is 0 Å². The summed E-state index contributed by atoms with van der Waals surface area (Å²) in [6.07, 6.45) is 14.2. The molecule has 2 aliphatic rings. The van der Waals surface area contributed by atoms with Gasteiger partial charge in [0.1, 0.15) is 0 Å². The molecule has 0 saturated heterocycles. The largest absolute Gasteiger partial charge is 0.386 e. The topological polar surface area (TPSA) is 20.2 Å². The van der Waals surface area contributed by atoms with Gasteiger partial charge >= 0.3 is 0 Å². The van der Waals surface area contributed by atoms with Crippen LogP contribution in [0.4, 0.5) is 0 Å². The van der Waals surface area contributed by atoms with E-state index in [1.54, 1.807) is 0 Å². The highest BCUT2D eigenvalue weighted by Crippen LogP contribution is 2.34. The lowest BCUT2D eigenvalue weighted by Gasteiger charge is -2.30. The third-order valence-corrected chi connectivity index (χ3v) is 4.23. The fraction of sp³-hybridized carbons (Fsp3) is 0.857. The molecule has 2 unspecified atom stereocenters. The Hall–Kier alpha value is -0.300. The van der Waals surface area contributed by atoms with E-state index in [-0.39, 0.29) is 0 Å². The molecule has 2 atom stereocenters. The average molecular weight is 208 g/mol. The van der Waals surface area contributed by atoms with Gasteiger partial charge in [-0.2, -0.15) is 0 Å². The third kappa shape index (κ3) is 3.07. The highest BCUT2D eigenvalue weighted by molar-refractivity contribution is 5.07. The summed E-state index contributed by atoms with van der Waals surface area (Å²) in [7, 11) is 0. The number of aliphatic hydroxyl groups is 1. The second-order valence-corrected chi connectivity index (χ2v) is 5.67. The first-order chi connectivity index (χ1) is 7.18. The van der Waals surface area contributed by atoms with Crippen molar-refractivity contribution in [3.8, 4) is 0 Å². The summed E-state index contributed by atoms with van der Waals surface area (Å²) >= 11 is 0. The Labute approximate surface area is 93.6 Å². The SMILES string of the molecule is CC1C=CC(O)(CCC2CCCC2)CC1. The molecule has 1 saturated carbocycles. The van der Waals surface area contributed by atoms with Crippen molar-refractivity contribution in [2.45, 2.75) is 63.9 Å². The zero-order valence-corrected chi connectivity index (χ0v) is 9.91. The third-order valence-electron chi connectivity index (χ3n) is 4.23. The Bertz CT molecular complexity index is 227. The molecule has 0 radical (unpaired) electrons. The van der Waals surface area contributed by atoms with Crippen molar-refractivity contribution in [1.82, 2.24) is 0 Å². The van der Waals surface area contributed by atoms with Gasteiger partial charge in [-0.05, 0) is 37.5 Å². The van der Waals surface area contributed by atoms with E-state index in [2.05, 4.69) is 19.1 Å². The molecule has 0 aliphatic heterocycles. The van der Waals surface area contributed by atoms with Gasteiger partial charge in [-0.25, -0.2) is 0 Å². The van der Waals surface area contributed by atoms with Gasteiger partial charge in [0.25, 0.3) is 0 Å². The maximum Gasteiger partial charge on any atom is 0.0828 e. The van der Waals surface area contributed by atoms with E-state index in [4.69, 9.17) is 0 Å². The smallest absolute Gasteiger partial charge is 0.0828 e. The summed E-state index contributed by atoms with van der Waals surface area (Å²) in [6.45, 7) is 2.23. The van der Waals surface area contributed by atoms with Crippen molar-refractivity contribution in [3.05, 3.63) is 12.2 Å². The molecule has 1 heteroatoms. The maximum absolute atomic E-state index is 10.4. The Morgan fingerprint density at radius 2 is 2.00 bits per heavy atom. The van der Waals surface area contributed by atoms with Crippen molar-refractivity contribution in [2.75, 3.05) is 0 Å². The van der Waals surface area contributed by atoms with Crippen LogP contribution in [0.25, 0.3) is 0 Å². The summed E-state index contributed by atoms with van der Waals surface area (Å²) in [5.41, 5.74) is -0.463. The Morgan fingerprint density at radius 3 is 2.60 bits per heavy atom. The summed E-state index contributed by atoms with van der Waals surface area (Å²) in [5, 5.41) is 10.4. The maximum atomic E-state index is 10.4. The first kappa shape index (κ1) is 11.2. The zero-order chi connectivity index (χ0) is 10.7. The van der Waals surface area contributed by atoms with Crippen LogP contribution in [-0.4, -0.2) is 10.7 Å². The van der Waals surface area contributed by atoms with Gasteiger partial charge in [0, 0.05) is 0 Å². The molecule has 0 aromatic rings. The second kappa shape index (κ2) is 4.69. The lowest BCUT2D eigenvalue weighted by molar-refractivity contribution is 0.0542. The van der Waals surface area contributed by atoms with Crippen LogP contribution in [0.2, 0.25) is 0 Å². The van der Waals surface area contributed by atoms with Gasteiger partial charge in [-0.1, -0.05) is 44.8 Å². The van der Waals surface area contributed by atoms with E-state index in [1.807, 2.05) is 0 Å². The molecule has 86 valence electrons. The van der Waals surface area contributed by atoms with Crippen LogP contribution in [0.5, 0.6) is 0 Å². The fourth-order valence-corrected chi connectivity index (χ4v) is 2.96. The lowest BCUT2D eigenvalue weighted by atomic mass is 9.81. The van der Waals surface area contributed by atoms with Crippen molar-refractivity contribution < 1.29 is 5.11 Å². The van der Waals surface area contributed by atoms with Crippen molar-refractivity contribution in [1.29, 1.82) is 0 Å². The first-order valence-corrected chi connectivity index (χ1v) is 6.60. The van der Waals surface area contributed by atoms with E-state index < -0.39 is 5.60 Å². The second-order valence-electron chi connectivity index (χ2n) is 5.67. The lowest BCUT2D eigenvalue weighted by Crippen LogP contribution is -2.29. The molecule has 15 heavy (non-hydrogen) atoms. The molecule has 0 bridgehead atoms.